The molecule has 1 N–H and O–H groups in total. The summed E-state index contributed by atoms with van der Waals surface area (Å²) in [4.78, 5) is 3.66. The predicted octanol–water partition coefficient (Wildman–Crippen LogP) is 7.44. The van der Waals surface area contributed by atoms with Crippen molar-refractivity contribution in [2.45, 2.75) is 13.8 Å². The highest BCUT2D eigenvalue weighted by Gasteiger charge is 2.16. The summed E-state index contributed by atoms with van der Waals surface area (Å²) in [5.74, 6) is 0. The number of benzene rings is 4. The molecule has 0 amide bonds. The Kier molecular flexibility index (Phi) is 3.91. The van der Waals surface area contributed by atoms with Crippen molar-refractivity contribution < 1.29 is 0 Å². The molecular formula is C26H22N2. The molecule has 0 saturated heterocycles. The van der Waals surface area contributed by atoms with Crippen molar-refractivity contribution in [2.24, 2.45) is 0 Å². The van der Waals surface area contributed by atoms with Gasteiger partial charge in [0.05, 0.1) is 16.6 Å². The van der Waals surface area contributed by atoms with E-state index in [4.69, 9.17) is 0 Å². The van der Waals surface area contributed by atoms with Crippen LogP contribution in [-0.4, -0.2) is 9.55 Å². The van der Waals surface area contributed by atoms with Crippen molar-refractivity contribution in [3.05, 3.63) is 91.0 Å². The SMILES string of the molecule is CC.c1ccc(-n2c3ccccc3c3c4[nH]c5ccccc5c4ccc32)cc1. The summed E-state index contributed by atoms with van der Waals surface area (Å²) in [6, 6.07) is 32.3. The minimum atomic E-state index is 1.19. The van der Waals surface area contributed by atoms with Gasteiger partial charge in [-0.05, 0) is 30.3 Å². The van der Waals surface area contributed by atoms with Crippen LogP contribution in [0.15, 0.2) is 91.0 Å². The second-order valence-corrected chi connectivity index (χ2v) is 6.74. The van der Waals surface area contributed by atoms with E-state index in [1.54, 1.807) is 0 Å². The maximum atomic E-state index is 3.66. The van der Waals surface area contributed by atoms with E-state index >= 15 is 0 Å². The second-order valence-electron chi connectivity index (χ2n) is 6.74. The first-order valence-corrected chi connectivity index (χ1v) is 9.90. The fourth-order valence-corrected chi connectivity index (χ4v) is 4.23. The average molecular weight is 362 g/mol. The first-order valence-electron chi connectivity index (χ1n) is 9.90. The van der Waals surface area contributed by atoms with Crippen molar-refractivity contribution in [1.29, 1.82) is 0 Å². The van der Waals surface area contributed by atoms with Gasteiger partial charge in [-0.15, -0.1) is 0 Å². The summed E-state index contributed by atoms with van der Waals surface area (Å²) in [6.45, 7) is 4.00. The molecule has 0 aliphatic carbocycles. The van der Waals surface area contributed by atoms with Crippen LogP contribution in [0.2, 0.25) is 0 Å². The van der Waals surface area contributed by atoms with Gasteiger partial charge in [0.25, 0.3) is 0 Å². The van der Waals surface area contributed by atoms with E-state index in [0.717, 1.165) is 0 Å². The van der Waals surface area contributed by atoms with Gasteiger partial charge in [-0.25, -0.2) is 0 Å². The number of fused-ring (bicyclic) bond motifs is 7. The third kappa shape index (κ3) is 2.28. The summed E-state index contributed by atoms with van der Waals surface area (Å²) in [7, 11) is 0. The molecular weight excluding hydrogens is 340 g/mol. The van der Waals surface area contributed by atoms with Gasteiger partial charge in [0.15, 0.2) is 0 Å². The Morgan fingerprint density at radius 3 is 2.07 bits per heavy atom. The number of H-pyrrole nitrogens is 1. The lowest BCUT2D eigenvalue weighted by Crippen LogP contribution is -1.92. The fourth-order valence-electron chi connectivity index (χ4n) is 4.23. The van der Waals surface area contributed by atoms with E-state index in [0.29, 0.717) is 0 Å². The van der Waals surface area contributed by atoms with Crippen LogP contribution < -0.4 is 0 Å². The van der Waals surface area contributed by atoms with Crippen LogP contribution in [0.4, 0.5) is 0 Å². The van der Waals surface area contributed by atoms with Gasteiger partial charge in [0.1, 0.15) is 0 Å². The van der Waals surface area contributed by atoms with Gasteiger partial charge >= 0.3 is 0 Å². The molecule has 2 heteroatoms. The first kappa shape index (κ1) is 16.6. The molecule has 28 heavy (non-hydrogen) atoms. The van der Waals surface area contributed by atoms with Crippen molar-refractivity contribution >= 4 is 43.6 Å². The fraction of sp³-hybridized carbons (Fsp3) is 0.0769. The van der Waals surface area contributed by atoms with Crippen LogP contribution in [0.3, 0.4) is 0 Å². The minimum absolute atomic E-state index is 1.19. The zero-order valence-electron chi connectivity index (χ0n) is 16.1. The Morgan fingerprint density at radius 2 is 1.25 bits per heavy atom. The predicted molar refractivity (Wildman–Crippen MR) is 121 cm³/mol. The van der Waals surface area contributed by atoms with E-state index in [1.165, 1.54) is 49.3 Å². The average Bonchev–Trinajstić information content (AvgIpc) is 3.31. The van der Waals surface area contributed by atoms with Crippen LogP contribution in [0.1, 0.15) is 13.8 Å². The van der Waals surface area contributed by atoms with E-state index in [-0.39, 0.29) is 0 Å². The van der Waals surface area contributed by atoms with Gasteiger partial charge in [-0.2, -0.15) is 0 Å². The van der Waals surface area contributed by atoms with Gasteiger partial charge in [-0.3, -0.25) is 0 Å². The largest absolute Gasteiger partial charge is 0.354 e. The molecule has 136 valence electrons. The zero-order chi connectivity index (χ0) is 19.1. The lowest BCUT2D eigenvalue weighted by Gasteiger charge is -2.07. The molecule has 0 atom stereocenters. The highest BCUT2D eigenvalue weighted by atomic mass is 15.0. The molecule has 0 aliphatic heterocycles. The molecule has 0 fully saturated rings. The summed E-state index contributed by atoms with van der Waals surface area (Å²) in [6.07, 6.45) is 0. The topological polar surface area (TPSA) is 20.7 Å². The van der Waals surface area contributed by atoms with Gasteiger partial charge in [-0.1, -0.05) is 74.5 Å². The molecule has 0 saturated carbocycles. The highest BCUT2D eigenvalue weighted by molar-refractivity contribution is 6.25. The Hall–Kier alpha value is -3.52. The van der Waals surface area contributed by atoms with Crippen LogP contribution >= 0.6 is 0 Å². The molecule has 0 spiro atoms. The Bertz CT molecular complexity index is 1420. The number of aromatic nitrogens is 2. The monoisotopic (exact) mass is 362 g/mol. The molecule has 2 heterocycles. The molecule has 2 aromatic heterocycles. The molecule has 0 radical (unpaired) electrons. The summed E-state index contributed by atoms with van der Waals surface area (Å²) >= 11 is 0. The zero-order valence-corrected chi connectivity index (χ0v) is 16.1. The molecule has 0 bridgehead atoms. The quantitative estimate of drug-likeness (QED) is 0.314. The number of aromatic amines is 1. The van der Waals surface area contributed by atoms with Gasteiger partial charge in [0.2, 0.25) is 0 Å². The standard InChI is InChI=1S/C24H16N2.C2H6/c1-2-8-16(9-3-1)26-21-13-7-5-11-19(21)23-22(26)15-14-18-17-10-4-6-12-20(17)25-24(18)23;1-2/h1-15,25H;1-2H3. The number of nitrogens with one attached hydrogen (secondary N) is 1. The summed E-state index contributed by atoms with van der Waals surface area (Å²) < 4.78 is 2.36. The normalized spacial score (nSPS) is 11.2. The van der Waals surface area contributed by atoms with E-state index in [1.807, 2.05) is 13.8 Å². The Morgan fingerprint density at radius 1 is 0.571 bits per heavy atom. The number of rotatable bonds is 1. The molecule has 0 unspecified atom stereocenters. The van der Waals surface area contributed by atoms with Crippen molar-refractivity contribution in [3.8, 4) is 5.69 Å². The van der Waals surface area contributed by atoms with Crippen molar-refractivity contribution in [2.75, 3.05) is 0 Å². The Balaban J connectivity index is 0.000000829. The number of para-hydroxylation sites is 3. The molecule has 4 aromatic carbocycles. The molecule has 6 aromatic rings. The summed E-state index contributed by atoms with van der Waals surface area (Å²) in [5.41, 5.74) is 6.06. The van der Waals surface area contributed by atoms with E-state index < -0.39 is 0 Å². The number of nitrogens with zero attached hydrogens (tertiary/aromatic N) is 1. The molecule has 2 nitrogen and oxygen atoms in total. The Labute approximate surface area is 164 Å². The lowest BCUT2D eigenvalue weighted by molar-refractivity contribution is 1.18. The lowest BCUT2D eigenvalue weighted by atomic mass is 10.1. The van der Waals surface area contributed by atoms with Crippen LogP contribution in [0.5, 0.6) is 0 Å². The third-order valence-corrected chi connectivity index (χ3v) is 5.33. The second kappa shape index (κ2) is 6.58. The van der Waals surface area contributed by atoms with E-state index in [9.17, 15) is 0 Å². The maximum absolute atomic E-state index is 3.66. The van der Waals surface area contributed by atoms with Gasteiger partial charge in [0, 0.05) is 32.7 Å². The highest BCUT2D eigenvalue weighted by Crippen LogP contribution is 2.38. The third-order valence-electron chi connectivity index (χ3n) is 5.33. The van der Waals surface area contributed by atoms with Crippen LogP contribution in [-0.2, 0) is 0 Å². The smallest absolute Gasteiger partial charge is 0.0566 e. The van der Waals surface area contributed by atoms with Crippen LogP contribution in [0, 0.1) is 0 Å². The minimum Gasteiger partial charge on any atom is -0.354 e. The van der Waals surface area contributed by atoms with Crippen molar-refractivity contribution in [3.63, 3.8) is 0 Å². The number of hydrogen-bond acceptors (Lipinski definition) is 0. The van der Waals surface area contributed by atoms with E-state index in [2.05, 4.69) is 101 Å². The van der Waals surface area contributed by atoms with Gasteiger partial charge < -0.3 is 9.55 Å². The number of hydrogen-bond donors (Lipinski definition) is 1. The molecule has 0 aliphatic rings. The maximum Gasteiger partial charge on any atom is 0.0566 e. The summed E-state index contributed by atoms with van der Waals surface area (Å²) in [5, 5.41) is 5.13. The van der Waals surface area contributed by atoms with Crippen LogP contribution in [0.25, 0.3) is 49.3 Å². The molecule has 6 rings (SSSR count). The first-order chi connectivity index (χ1) is 13.9. The van der Waals surface area contributed by atoms with Crippen molar-refractivity contribution in [1.82, 2.24) is 9.55 Å².